The molecule has 2 aromatic carbocycles. The number of carbonyl (C=O) groups excluding carboxylic acids is 1. The standard InChI is InChI=1S/C24H19N5O3/c25-15-18(24(30)26-12-11-17-16-27-23-6-2-1-5-22(17)23)14-21-4-3-13-28(21)19-7-9-20(10-8-19)29(31)32/h1-10,13-14,16,27H,11-12H2,(H,26,30)/b18-14-. The highest BCUT2D eigenvalue weighted by Gasteiger charge is 2.12. The molecule has 0 aliphatic rings. The lowest BCUT2D eigenvalue weighted by Crippen LogP contribution is -2.26. The van der Waals surface area contributed by atoms with Gasteiger partial charge in [0, 0.05) is 53.4 Å². The SMILES string of the molecule is N#C/C(=C/c1cccn1-c1ccc([N+](=O)[O-])cc1)C(=O)NCCc1c[nH]c2ccccc12. The largest absolute Gasteiger partial charge is 0.361 e. The van der Waals surface area contributed by atoms with Crippen LogP contribution in [0.25, 0.3) is 22.7 Å². The number of fused-ring (bicyclic) bond motifs is 1. The molecule has 8 heteroatoms. The monoisotopic (exact) mass is 425 g/mol. The summed E-state index contributed by atoms with van der Waals surface area (Å²) in [6.07, 6.45) is 5.82. The van der Waals surface area contributed by atoms with Gasteiger partial charge in [0.05, 0.1) is 4.92 Å². The minimum absolute atomic E-state index is 0.00899. The minimum atomic E-state index is -0.464. The topological polar surface area (TPSA) is 117 Å². The van der Waals surface area contributed by atoms with Crippen molar-refractivity contribution >= 4 is 28.6 Å². The van der Waals surface area contributed by atoms with Crippen LogP contribution in [0, 0.1) is 21.4 Å². The van der Waals surface area contributed by atoms with Gasteiger partial charge in [-0.15, -0.1) is 0 Å². The molecule has 0 aliphatic carbocycles. The van der Waals surface area contributed by atoms with Gasteiger partial charge in [-0.3, -0.25) is 14.9 Å². The highest BCUT2D eigenvalue weighted by molar-refractivity contribution is 6.01. The molecule has 158 valence electrons. The molecule has 0 unspecified atom stereocenters. The van der Waals surface area contributed by atoms with Crippen LogP contribution in [-0.2, 0) is 11.2 Å². The van der Waals surface area contributed by atoms with E-state index in [0.29, 0.717) is 24.3 Å². The first-order chi connectivity index (χ1) is 15.6. The van der Waals surface area contributed by atoms with Crippen molar-refractivity contribution in [1.29, 1.82) is 5.26 Å². The van der Waals surface area contributed by atoms with Crippen molar-refractivity contribution in [2.75, 3.05) is 6.54 Å². The van der Waals surface area contributed by atoms with Gasteiger partial charge < -0.3 is 14.9 Å². The second-order valence-corrected chi connectivity index (χ2v) is 7.11. The van der Waals surface area contributed by atoms with Crippen LogP contribution in [0.1, 0.15) is 11.3 Å². The second kappa shape index (κ2) is 9.02. The number of para-hydroxylation sites is 1. The average molecular weight is 425 g/mol. The van der Waals surface area contributed by atoms with Gasteiger partial charge in [0.1, 0.15) is 11.6 Å². The van der Waals surface area contributed by atoms with Crippen molar-refractivity contribution in [3.63, 3.8) is 0 Å². The number of hydrogen-bond donors (Lipinski definition) is 2. The number of rotatable bonds is 7. The van der Waals surface area contributed by atoms with Crippen LogP contribution < -0.4 is 5.32 Å². The average Bonchev–Trinajstić information content (AvgIpc) is 3.44. The fourth-order valence-electron chi connectivity index (χ4n) is 3.52. The van der Waals surface area contributed by atoms with Gasteiger partial charge in [-0.25, -0.2) is 0 Å². The summed E-state index contributed by atoms with van der Waals surface area (Å²) in [5.41, 5.74) is 3.40. The maximum absolute atomic E-state index is 12.6. The Balaban J connectivity index is 1.46. The Labute approximate surface area is 183 Å². The number of amides is 1. The molecule has 0 spiro atoms. The van der Waals surface area contributed by atoms with E-state index < -0.39 is 10.8 Å². The molecule has 2 N–H and O–H groups in total. The summed E-state index contributed by atoms with van der Waals surface area (Å²) in [5, 5.41) is 24.3. The Morgan fingerprint density at radius 1 is 1.16 bits per heavy atom. The maximum Gasteiger partial charge on any atom is 0.269 e. The summed E-state index contributed by atoms with van der Waals surface area (Å²) >= 11 is 0. The fourth-order valence-corrected chi connectivity index (χ4v) is 3.52. The van der Waals surface area contributed by atoms with Crippen molar-refractivity contribution < 1.29 is 9.72 Å². The Morgan fingerprint density at radius 3 is 2.69 bits per heavy atom. The van der Waals surface area contributed by atoms with Crippen LogP contribution in [0.4, 0.5) is 5.69 Å². The lowest BCUT2D eigenvalue weighted by molar-refractivity contribution is -0.384. The number of non-ortho nitro benzene ring substituents is 1. The summed E-state index contributed by atoms with van der Waals surface area (Å²) < 4.78 is 1.75. The third kappa shape index (κ3) is 4.27. The number of aromatic amines is 1. The normalized spacial score (nSPS) is 11.3. The number of nitro groups is 1. The molecule has 0 aliphatic heterocycles. The molecule has 8 nitrogen and oxygen atoms in total. The third-order valence-corrected chi connectivity index (χ3v) is 5.13. The van der Waals surface area contributed by atoms with Gasteiger partial charge in [-0.05, 0) is 48.4 Å². The molecule has 1 amide bonds. The maximum atomic E-state index is 12.6. The van der Waals surface area contributed by atoms with E-state index in [1.165, 1.54) is 18.2 Å². The molecule has 0 saturated carbocycles. The molecule has 32 heavy (non-hydrogen) atoms. The number of nitrogens with one attached hydrogen (secondary N) is 2. The minimum Gasteiger partial charge on any atom is -0.361 e. The smallest absolute Gasteiger partial charge is 0.269 e. The molecule has 0 radical (unpaired) electrons. The van der Waals surface area contributed by atoms with Gasteiger partial charge in [0.15, 0.2) is 0 Å². The second-order valence-electron chi connectivity index (χ2n) is 7.11. The predicted molar refractivity (Wildman–Crippen MR) is 121 cm³/mol. The van der Waals surface area contributed by atoms with Crippen LogP contribution in [0.2, 0.25) is 0 Å². The zero-order valence-corrected chi connectivity index (χ0v) is 17.0. The lowest BCUT2D eigenvalue weighted by Gasteiger charge is -2.08. The summed E-state index contributed by atoms with van der Waals surface area (Å²) in [7, 11) is 0. The van der Waals surface area contributed by atoms with E-state index in [-0.39, 0.29) is 11.3 Å². The molecule has 0 atom stereocenters. The number of benzene rings is 2. The van der Waals surface area contributed by atoms with Gasteiger partial charge in [0.25, 0.3) is 11.6 Å². The van der Waals surface area contributed by atoms with Crippen molar-refractivity contribution in [3.05, 3.63) is 100 Å². The number of nitrogens with zero attached hydrogens (tertiary/aromatic N) is 3. The fraction of sp³-hybridized carbons (Fsp3) is 0.0833. The van der Waals surface area contributed by atoms with Crippen molar-refractivity contribution in [3.8, 4) is 11.8 Å². The van der Waals surface area contributed by atoms with E-state index in [9.17, 15) is 20.2 Å². The first-order valence-electron chi connectivity index (χ1n) is 9.94. The van der Waals surface area contributed by atoms with E-state index in [0.717, 1.165) is 16.5 Å². The third-order valence-electron chi connectivity index (χ3n) is 5.13. The van der Waals surface area contributed by atoms with Crippen LogP contribution in [0.5, 0.6) is 0 Å². The summed E-state index contributed by atoms with van der Waals surface area (Å²) in [6, 6.07) is 19.5. The van der Waals surface area contributed by atoms with Crippen molar-refractivity contribution in [2.24, 2.45) is 0 Å². The quantitative estimate of drug-likeness (QED) is 0.200. The first kappa shape index (κ1) is 20.6. The molecule has 4 rings (SSSR count). The first-order valence-corrected chi connectivity index (χ1v) is 9.94. The molecule has 0 fully saturated rings. The highest BCUT2D eigenvalue weighted by atomic mass is 16.6. The molecule has 4 aromatic rings. The van der Waals surface area contributed by atoms with Crippen LogP contribution >= 0.6 is 0 Å². The van der Waals surface area contributed by atoms with Crippen molar-refractivity contribution in [1.82, 2.24) is 14.9 Å². The van der Waals surface area contributed by atoms with E-state index in [4.69, 9.17) is 0 Å². The summed E-state index contributed by atoms with van der Waals surface area (Å²) in [4.78, 5) is 26.2. The molecule has 2 heterocycles. The Morgan fingerprint density at radius 2 is 1.94 bits per heavy atom. The highest BCUT2D eigenvalue weighted by Crippen LogP contribution is 2.20. The van der Waals surface area contributed by atoms with E-state index in [1.54, 1.807) is 35.0 Å². The van der Waals surface area contributed by atoms with E-state index in [1.807, 2.05) is 36.5 Å². The molecule has 0 bridgehead atoms. The number of carbonyl (C=O) groups is 1. The van der Waals surface area contributed by atoms with Gasteiger partial charge in [-0.2, -0.15) is 5.26 Å². The molecule has 2 aromatic heterocycles. The van der Waals surface area contributed by atoms with Crippen LogP contribution in [0.3, 0.4) is 0 Å². The Kier molecular flexibility index (Phi) is 5.81. The van der Waals surface area contributed by atoms with Crippen LogP contribution in [-0.4, -0.2) is 26.9 Å². The Hall–Kier alpha value is -4.64. The van der Waals surface area contributed by atoms with Gasteiger partial charge in [0.2, 0.25) is 0 Å². The zero-order chi connectivity index (χ0) is 22.5. The van der Waals surface area contributed by atoms with Gasteiger partial charge >= 0.3 is 0 Å². The summed E-state index contributed by atoms with van der Waals surface area (Å²) in [6.45, 7) is 0.392. The number of H-pyrrole nitrogens is 1. The summed E-state index contributed by atoms with van der Waals surface area (Å²) in [5.74, 6) is -0.455. The number of aromatic nitrogens is 2. The number of nitro benzene ring substituents is 1. The molecular formula is C24H19N5O3. The van der Waals surface area contributed by atoms with Crippen LogP contribution in [0.15, 0.2) is 78.6 Å². The lowest BCUT2D eigenvalue weighted by atomic mass is 10.1. The van der Waals surface area contributed by atoms with Gasteiger partial charge in [-0.1, -0.05) is 18.2 Å². The number of hydrogen-bond acceptors (Lipinski definition) is 4. The zero-order valence-electron chi connectivity index (χ0n) is 17.0. The van der Waals surface area contributed by atoms with Crippen molar-refractivity contribution in [2.45, 2.75) is 6.42 Å². The predicted octanol–water partition coefficient (Wildman–Crippen LogP) is 4.13. The van der Waals surface area contributed by atoms with E-state index >= 15 is 0 Å². The molecular weight excluding hydrogens is 406 g/mol. The van der Waals surface area contributed by atoms with E-state index in [2.05, 4.69) is 10.3 Å². The molecule has 0 saturated heterocycles. The number of nitriles is 1. The Bertz CT molecular complexity index is 1360.